The Balaban J connectivity index is -0.0000000383. The minimum Gasteiger partial charge on any atom is -0.652 e. The molecule has 0 saturated heterocycles. The van der Waals surface area contributed by atoms with E-state index < -0.39 is 6.16 Å². The van der Waals surface area contributed by atoms with Gasteiger partial charge in [-0.3, -0.25) is 0 Å². The number of carbonyl (C=O) groups is 1. The maximum absolute atomic E-state index is 8.33. The Morgan fingerprint density at radius 2 is 1.27 bits per heavy atom. The third-order valence-corrected chi connectivity index (χ3v) is 0.707. The fraction of sp³-hybridized carbons (Fsp3) is 0.833. The Morgan fingerprint density at radius 3 is 1.27 bits per heavy atom. The molecule has 0 aliphatic rings. The summed E-state index contributed by atoms with van der Waals surface area (Å²) in [4.78, 5) is 8.33. The van der Waals surface area contributed by atoms with E-state index in [1.54, 1.807) is 0 Å². The normalized spacial score (nSPS) is 6.00. The van der Waals surface area contributed by atoms with Gasteiger partial charge in [0.1, 0.15) is 0 Å². The van der Waals surface area contributed by atoms with Crippen LogP contribution in [0, 0.1) is 0 Å². The van der Waals surface area contributed by atoms with Crippen LogP contribution in [0.2, 0.25) is 0 Å². The van der Waals surface area contributed by atoms with Gasteiger partial charge >= 0.3 is 103 Å². The fourth-order valence-corrected chi connectivity index (χ4v) is 0.354. The zero-order valence-electron chi connectivity index (χ0n) is 7.85. The molecule has 5 heteroatoms. The van der Waals surface area contributed by atoms with Gasteiger partial charge in [-0.25, -0.2) is 0 Å². The Hall–Kier alpha value is 2.54. The van der Waals surface area contributed by atoms with E-state index in [9.17, 15) is 0 Å². The smallest absolute Gasteiger partial charge is 0.652 e. The molecule has 0 spiro atoms. The Bertz CT molecular complexity index is 62.8. The number of rotatable bonds is 2. The predicted octanol–water partition coefficient (Wildman–Crippen LogP) is -6.24. The molecule has 0 unspecified atom stereocenters. The topological polar surface area (TPSA) is 63.2 Å². The summed E-state index contributed by atoms with van der Waals surface area (Å²) >= 11 is 0. The van der Waals surface area contributed by atoms with E-state index in [0.717, 1.165) is 0 Å². The van der Waals surface area contributed by atoms with Gasteiger partial charge in [0.05, 0.1) is 0 Å². The fourth-order valence-electron chi connectivity index (χ4n) is 0.354. The molecule has 0 aliphatic heterocycles. The van der Waals surface area contributed by atoms with Gasteiger partial charge in [0.25, 0.3) is 0 Å². The Kier molecular flexibility index (Phi) is 48.7. The molecule has 0 saturated carbocycles. The Morgan fingerprint density at radius 1 is 1.09 bits per heavy atom. The van der Waals surface area contributed by atoms with Crippen molar-refractivity contribution in [2.75, 3.05) is 0 Å². The molecule has 0 heterocycles. The molecule has 0 radical (unpaired) electrons. The first-order chi connectivity index (χ1) is 4.15. The van der Waals surface area contributed by atoms with Crippen molar-refractivity contribution in [2.24, 2.45) is 0 Å². The molecule has 0 fully saturated rings. The van der Waals surface area contributed by atoms with E-state index in [1.165, 1.54) is 19.3 Å². The maximum atomic E-state index is 8.33. The largest absolute Gasteiger partial charge is 1.00 e. The zero-order chi connectivity index (χ0) is 7.70. The average Bonchev–Trinajstić information content (AvgIpc) is 1.66. The maximum Gasteiger partial charge on any atom is 1.00 e. The van der Waals surface area contributed by atoms with Crippen molar-refractivity contribution in [1.29, 1.82) is 0 Å². The van der Waals surface area contributed by atoms with Crippen molar-refractivity contribution < 1.29 is 118 Å². The second kappa shape index (κ2) is 22.9. The first-order valence-electron chi connectivity index (χ1n) is 3.03. The van der Waals surface area contributed by atoms with Crippen LogP contribution in [-0.2, 0) is 0 Å². The summed E-state index contributed by atoms with van der Waals surface area (Å²) in [7, 11) is 0. The van der Waals surface area contributed by atoms with Crippen LogP contribution in [0.4, 0.5) is 4.79 Å². The molecular formula is C6H12K2O3. The van der Waals surface area contributed by atoms with Crippen LogP contribution in [-0.4, -0.2) is 6.16 Å². The van der Waals surface area contributed by atoms with Crippen LogP contribution in [0.15, 0.2) is 0 Å². The van der Waals surface area contributed by atoms with Gasteiger partial charge < -0.3 is 15.0 Å². The van der Waals surface area contributed by atoms with E-state index in [1.807, 2.05) is 0 Å². The predicted molar refractivity (Wildman–Crippen MR) is 30.6 cm³/mol. The first-order valence-corrected chi connectivity index (χ1v) is 3.03. The summed E-state index contributed by atoms with van der Waals surface area (Å²) in [5.74, 6) is 0. The van der Waals surface area contributed by atoms with E-state index in [0.29, 0.717) is 0 Å². The molecule has 3 nitrogen and oxygen atoms in total. The molecule has 0 aromatic rings. The molecule has 0 aromatic carbocycles. The first kappa shape index (κ1) is 23.4. The summed E-state index contributed by atoms with van der Waals surface area (Å²) < 4.78 is 0. The van der Waals surface area contributed by atoms with E-state index in [-0.39, 0.29) is 103 Å². The molecule has 56 valence electrons. The van der Waals surface area contributed by atoms with Crippen LogP contribution >= 0.6 is 0 Å². The van der Waals surface area contributed by atoms with Crippen molar-refractivity contribution in [1.82, 2.24) is 0 Å². The SMILES string of the molecule is CCCCC.O=C([O-])[O-].[K+].[K+]. The summed E-state index contributed by atoms with van der Waals surface area (Å²) in [6.07, 6.45) is 1.74. The third-order valence-electron chi connectivity index (χ3n) is 0.707. The molecule has 0 bridgehead atoms. The third kappa shape index (κ3) is 67.6. The van der Waals surface area contributed by atoms with Gasteiger partial charge in [-0.2, -0.15) is 0 Å². The van der Waals surface area contributed by atoms with E-state index in [4.69, 9.17) is 15.0 Å². The van der Waals surface area contributed by atoms with Crippen LogP contribution in [0.5, 0.6) is 0 Å². The molecule has 0 rings (SSSR count). The number of carboxylic acid groups (broad SMARTS) is 2. The second-order valence-electron chi connectivity index (χ2n) is 1.60. The van der Waals surface area contributed by atoms with Gasteiger partial charge in [-0.1, -0.05) is 33.1 Å². The van der Waals surface area contributed by atoms with Crippen molar-refractivity contribution in [3.63, 3.8) is 0 Å². The molecular weight excluding hydrogens is 198 g/mol. The zero-order valence-corrected chi connectivity index (χ0v) is 14.1. The number of carbonyl (C=O) groups excluding carboxylic acids is 1. The molecule has 0 atom stereocenters. The Labute approximate surface area is 153 Å². The summed E-state index contributed by atoms with van der Waals surface area (Å²) in [5, 5.41) is 16.7. The van der Waals surface area contributed by atoms with Crippen LogP contribution in [0.1, 0.15) is 33.1 Å². The van der Waals surface area contributed by atoms with Crippen LogP contribution < -0.4 is 113 Å². The standard InChI is InChI=1S/C5H12.CH2O3.2K/c1-3-5-4-2;2-1(3)4;;/h3-5H2,1-2H3;(H2,2,3,4);;/q;;2*+1/p-2. The molecule has 0 N–H and O–H groups in total. The monoisotopic (exact) mass is 210 g/mol. The number of unbranched alkanes of at least 4 members (excludes halogenated alkanes) is 2. The van der Waals surface area contributed by atoms with Gasteiger partial charge in [0, 0.05) is 0 Å². The van der Waals surface area contributed by atoms with Gasteiger partial charge in [0.15, 0.2) is 0 Å². The minimum atomic E-state index is -2.33. The summed E-state index contributed by atoms with van der Waals surface area (Å²) in [5.41, 5.74) is 0. The van der Waals surface area contributed by atoms with Crippen molar-refractivity contribution >= 4 is 6.16 Å². The molecule has 0 amide bonds. The molecule has 0 aromatic heterocycles. The van der Waals surface area contributed by atoms with Crippen molar-refractivity contribution in [3.05, 3.63) is 0 Å². The number of hydrogen-bond donors (Lipinski definition) is 0. The van der Waals surface area contributed by atoms with Gasteiger partial charge in [-0.15, -0.1) is 0 Å². The minimum absolute atomic E-state index is 0. The number of hydrogen-bond acceptors (Lipinski definition) is 3. The quantitative estimate of drug-likeness (QED) is 0.426. The van der Waals surface area contributed by atoms with Crippen LogP contribution in [0.3, 0.4) is 0 Å². The molecule has 11 heavy (non-hydrogen) atoms. The summed E-state index contributed by atoms with van der Waals surface area (Å²) in [6.45, 7) is 4.42. The molecule has 0 aliphatic carbocycles. The van der Waals surface area contributed by atoms with E-state index >= 15 is 0 Å². The van der Waals surface area contributed by atoms with Crippen LogP contribution in [0.25, 0.3) is 0 Å². The van der Waals surface area contributed by atoms with Crippen molar-refractivity contribution in [2.45, 2.75) is 33.1 Å². The van der Waals surface area contributed by atoms with Gasteiger partial charge in [0.2, 0.25) is 0 Å². The van der Waals surface area contributed by atoms with Gasteiger partial charge in [-0.05, 0) is 6.16 Å². The average molecular weight is 210 g/mol. The second-order valence-corrected chi connectivity index (χ2v) is 1.60. The van der Waals surface area contributed by atoms with Crippen molar-refractivity contribution in [3.8, 4) is 0 Å². The summed E-state index contributed by atoms with van der Waals surface area (Å²) in [6, 6.07) is 0. The van der Waals surface area contributed by atoms with E-state index in [2.05, 4.69) is 13.8 Å².